The van der Waals surface area contributed by atoms with Crippen molar-refractivity contribution in [3.8, 4) is 0 Å². The fraction of sp³-hybridized carbons (Fsp3) is 0.765. The molecule has 1 aromatic heterocycles. The van der Waals surface area contributed by atoms with Crippen molar-refractivity contribution in [2.24, 2.45) is 11.8 Å². The Kier molecular flexibility index (Phi) is 4.88. The summed E-state index contributed by atoms with van der Waals surface area (Å²) in [7, 11) is 0. The topological polar surface area (TPSA) is 38.1 Å². The monoisotopic (exact) mass is 343 g/mol. The summed E-state index contributed by atoms with van der Waals surface area (Å²) in [6.45, 7) is 2.96. The standard InChI is InChI=1S/C17H24F3N3O/c1-12-9-21-23(10-12)13-5-4-8-22(11-13)16(24)14-6-2-3-7-15(14)17(18,19)20/h9-10,13-15H,2-8,11H2,1H3/t13-,14-,15-/m1/s1. The predicted octanol–water partition coefficient (Wildman–Crippen LogP) is 3.72. The summed E-state index contributed by atoms with van der Waals surface area (Å²) >= 11 is 0. The van der Waals surface area contributed by atoms with Crippen molar-refractivity contribution in [2.75, 3.05) is 13.1 Å². The number of alkyl halides is 3. The molecule has 0 aromatic carbocycles. The van der Waals surface area contributed by atoms with Gasteiger partial charge in [0.1, 0.15) is 0 Å². The summed E-state index contributed by atoms with van der Waals surface area (Å²) in [4.78, 5) is 14.4. The Hall–Kier alpha value is -1.53. The second-order valence-electron chi connectivity index (χ2n) is 7.12. The molecule has 0 unspecified atom stereocenters. The van der Waals surface area contributed by atoms with Crippen molar-refractivity contribution in [3.05, 3.63) is 18.0 Å². The summed E-state index contributed by atoms with van der Waals surface area (Å²) in [6.07, 6.45) is 2.81. The van der Waals surface area contributed by atoms with E-state index in [0.717, 1.165) is 18.4 Å². The fourth-order valence-electron chi connectivity index (χ4n) is 4.06. The van der Waals surface area contributed by atoms with Crippen molar-refractivity contribution in [3.63, 3.8) is 0 Å². The molecule has 0 spiro atoms. The molecule has 3 rings (SSSR count). The summed E-state index contributed by atoms with van der Waals surface area (Å²) in [6, 6.07) is 0.0596. The van der Waals surface area contributed by atoms with E-state index < -0.39 is 18.0 Å². The maximum absolute atomic E-state index is 13.3. The highest BCUT2D eigenvalue weighted by Crippen LogP contribution is 2.42. The number of carbonyl (C=O) groups excluding carboxylic acids is 1. The minimum Gasteiger partial charge on any atom is -0.340 e. The molecule has 1 saturated carbocycles. The van der Waals surface area contributed by atoms with Crippen LogP contribution < -0.4 is 0 Å². The van der Waals surface area contributed by atoms with Gasteiger partial charge in [-0.1, -0.05) is 12.8 Å². The lowest BCUT2D eigenvalue weighted by Gasteiger charge is -2.39. The van der Waals surface area contributed by atoms with Gasteiger partial charge in [0, 0.05) is 25.2 Å². The number of hydrogen-bond acceptors (Lipinski definition) is 2. The first-order valence-corrected chi connectivity index (χ1v) is 8.72. The second kappa shape index (κ2) is 6.76. The molecule has 0 bridgehead atoms. The predicted molar refractivity (Wildman–Crippen MR) is 83.3 cm³/mol. The number of carbonyl (C=O) groups is 1. The van der Waals surface area contributed by atoms with Crippen LogP contribution in [-0.2, 0) is 4.79 Å². The number of amides is 1. The molecule has 134 valence electrons. The molecule has 2 aliphatic rings. The van der Waals surface area contributed by atoms with Crippen molar-refractivity contribution < 1.29 is 18.0 Å². The first kappa shape index (κ1) is 17.3. The van der Waals surface area contributed by atoms with Crippen LogP contribution in [0.1, 0.15) is 50.1 Å². The van der Waals surface area contributed by atoms with Crippen LogP contribution >= 0.6 is 0 Å². The molecule has 1 saturated heterocycles. The molecule has 24 heavy (non-hydrogen) atoms. The van der Waals surface area contributed by atoms with Crippen LogP contribution in [0.4, 0.5) is 13.2 Å². The molecule has 4 nitrogen and oxygen atoms in total. The van der Waals surface area contributed by atoms with E-state index in [0.29, 0.717) is 32.4 Å². The first-order chi connectivity index (χ1) is 11.4. The Labute approximate surface area is 140 Å². The largest absolute Gasteiger partial charge is 0.392 e. The van der Waals surface area contributed by atoms with Crippen molar-refractivity contribution in [1.82, 2.24) is 14.7 Å². The third kappa shape index (κ3) is 3.59. The van der Waals surface area contributed by atoms with Crippen LogP contribution in [0, 0.1) is 18.8 Å². The zero-order chi connectivity index (χ0) is 17.3. The number of aromatic nitrogens is 2. The minimum atomic E-state index is -4.28. The molecular weight excluding hydrogens is 319 g/mol. The van der Waals surface area contributed by atoms with Crippen LogP contribution in [0.2, 0.25) is 0 Å². The summed E-state index contributed by atoms with van der Waals surface area (Å²) in [5.74, 6) is -2.70. The smallest absolute Gasteiger partial charge is 0.340 e. The molecule has 7 heteroatoms. The Morgan fingerprint density at radius 2 is 1.96 bits per heavy atom. The van der Waals surface area contributed by atoms with Crippen LogP contribution in [0.25, 0.3) is 0 Å². The zero-order valence-corrected chi connectivity index (χ0v) is 13.9. The van der Waals surface area contributed by atoms with Gasteiger partial charge in [0.05, 0.1) is 18.2 Å². The third-order valence-electron chi connectivity index (χ3n) is 5.32. The van der Waals surface area contributed by atoms with Gasteiger partial charge in [0.25, 0.3) is 0 Å². The van der Waals surface area contributed by atoms with Gasteiger partial charge >= 0.3 is 6.18 Å². The van der Waals surface area contributed by atoms with Gasteiger partial charge < -0.3 is 4.90 Å². The normalized spacial score (nSPS) is 28.8. The van der Waals surface area contributed by atoms with E-state index in [4.69, 9.17) is 0 Å². The highest BCUT2D eigenvalue weighted by atomic mass is 19.4. The second-order valence-corrected chi connectivity index (χ2v) is 7.12. The quantitative estimate of drug-likeness (QED) is 0.821. The maximum atomic E-state index is 13.3. The van der Waals surface area contributed by atoms with E-state index >= 15 is 0 Å². The van der Waals surface area contributed by atoms with Gasteiger partial charge in [0.2, 0.25) is 5.91 Å². The van der Waals surface area contributed by atoms with Crippen molar-refractivity contribution >= 4 is 5.91 Å². The van der Waals surface area contributed by atoms with E-state index in [1.807, 2.05) is 17.8 Å². The molecule has 1 aliphatic carbocycles. The number of rotatable bonds is 2. The van der Waals surface area contributed by atoms with E-state index in [9.17, 15) is 18.0 Å². The van der Waals surface area contributed by atoms with Gasteiger partial charge in [-0.3, -0.25) is 9.48 Å². The number of halogens is 3. The van der Waals surface area contributed by atoms with Gasteiger partial charge in [0.15, 0.2) is 0 Å². The Morgan fingerprint density at radius 1 is 1.21 bits per heavy atom. The number of aryl methyl sites for hydroxylation is 1. The van der Waals surface area contributed by atoms with Gasteiger partial charge in [-0.25, -0.2) is 0 Å². The van der Waals surface area contributed by atoms with E-state index in [-0.39, 0.29) is 18.4 Å². The number of hydrogen-bond donors (Lipinski definition) is 0. The molecule has 1 amide bonds. The average Bonchev–Trinajstić information content (AvgIpc) is 3.00. The van der Waals surface area contributed by atoms with Crippen molar-refractivity contribution in [2.45, 2.75) is 57.7 Å². The van der Waals surface area contributed by atoms with E-state index in [1.54, 1.807) is 11.1 Å². The fourth-order valence-corrected chi connectivity index (χ4v) is 4.06. The maximum Gasteiger partial charge on any atom is 0.392 e. The van der Waals surface area contributed by atoms with Crippen LogP contribution in [0.3, 0.4) is 0 Å². The lowest BCUT2D eigenvalue weighted by molar-refractivity contribution is -0.201. The van der Waals surface area contributed by atoms with Crippen molar-refractivity contribution in [1.29, 1.82) is 0 Å². The zero-order valence-electron chi connectivity index (χ0n) is 13.9. The molecular formula is C17H24F3N3O. The van der Waals surface area contributed by atoms with E-state index in [1.165, 1.54) is 0 Å². The Balaban J connectivity index is 1.71. The Bertz CT molecular complexity index is 584. The highest BCUT2D eigenvalue weighted by Gasteiger charge is 2.49. The summed E-state index contributed by atoms with van der Waals surface area (Å²) in [5.41, 5.74) is 1.04. The molecule has 2 fully saturated rings. The molecule has 2 heterocycles. The van der Waals surface area contributed by atoms with Gasteiger partial charge in [-0.15, -0.1) is 0 Å². The number of likely N-dealkylation sites (tertiary alicyclic amines) is 1. The van der Waals surface area contributed by atoms with E-state index in [2.05, 4.69) is 5.10 Å². The molecule has 1 aliphatic heterocycles. The van der Waals surface area contributed by atoms with Gasteiger partial charge in [-0.05, 0) is 38.2 Å². The highest BCUT2D eigenvalue weighted by molar-refractivity contribution is 5.79. The SMILES string of the molecule is Cc1cnn([C@@H]2CCCN(C(=O)[C@@H]3CCCC[C@H]3C(F)(F)F)C2)c1. The average molecular weight is 343 g/mol. The lowest BCUT2D eigenvalue weighted by Crippen LogP contribution is -2.48. The molecule has 0 radical (unpaired) electrons. The van der Waals surface area contributed by atoms with Crippen LogP contribution in [0.15, 0.2) is 12.4 Å². The molecule has 0 N–H and O–H groups in total. The summed E-state index contributed by atoms with van der Waals surface area (Å²) in [5, 5.41) is 4.30. The molecule has 1 aromatic rings. The number of piperidine rings is 1. The van der Waals surface area contributed by atoms with Crippen LogP contribution in [-0.4, -0.2) is 39.9 Å². The lowest BCUT2D eigenvalue weighted by atomic mass is 9.77. The van der Waals surface area contributed by atoms with Gasteiger partial charge in [-0.2, -0.15) is 18.3 Å². The first-order valence-electron chi connectivity index (χ1n) is 8.72. The summed E-state index contributed by atoms with van der Waals surface area (Å²) < 4.78 is 41.7. The Morgan fingerprint density at radius 3 is 2.62 bits per heavy atom. The number of nitrogens with zero attached hydrogens (tertiary/aromatic N) is 3. The minimum absolute atomic E-state index is 0.0596. The molecule has 3 atom stereocenters. The van der Waals surface area contributed by atoms with Crippen LogP contribution in [0.5, 0.6) is 0 Å². The third-order valence-corrected chi connectivity index (χ3v) is 5.32.